The molecule has 4 aromatic rings. The van der Waals surface area contributed by atoms with Crippen molar-refractivity contribution in [1.29, 1.82) is 0 Å². The van der Waals surface area contributed by atoms with Crippen molar-refractivity contribution >= 4 is 34.6 Å². The molecule has 0 aliphatic heterocycles. The van der Waals surface area contributed by atoms with E-state index in [4.69, 9.17) is 10.5 Å². The molecule has 0 bridgehead atoms. The zero-order chi connectivity index (χ0) is 39.1. The van der Waals surface area contributed by atoms with Gasteiger partial charge in [0.25, 0.3) is 5.91 Å². The number of esters is 1. The van der Waals surface area contributed by atoms with E-state index in [0.29, 0.717) is 18.4 Å². The van der Waals surface area contributed by atoms with E-state index in [0.717, 1.165) is 35.8 Å². The normalized spacial score (nSPS) is 12.2. The van der Waals surface area contributed by atoms with Gasteiger partial charge in [0, 0.05) is 30.8 Å². The Kier molecular flexibility index (Phi) is 18.9. The molecular weight excluding hydrogens is 689 g/mol. The number of para-hydroxylation sites is 1. The van der Waals surface area contributed by atoms with Crippen molar-refractivity contribution in [1.82, 2.24) is 15.2 Å². The van der Waals surface area contributed by atoms with Gasteiger partial charge >= 0.3 is 5.97 Å². The Balaban J connectivity index is 1.48. The lowest BCUT2D eigenvalue weighted by Crippen LogP contribution is -2.52. The van der Waals surface area contributed by atoms with E-state index in [-0.39, 0.29) is 50.0 Å². The van der Waals surface area contributed by atoms with Gasteiger partial charge in [-0.15, -0.1) is 0 Å². The maximum atomic E-state index is 14.8. The van der Waals surface area contributed by atoms with Crippen LogP contribution in [0.4, 0.5) is 0 Å². The number of carbonyl (C=O) groups excluding carboxylic acids is 4. The lowest BCUT2D eigenvalue weighted by Gasteiger charge is -2.35. The van der Waals surface area contributed by atoms with Gasteiger partial charge in [0.2, 0.25) is 11.8 Å². The summed E-state index contributed by atoms with van der Waals surface area (Å²) < 4.78 is 5.49. The van der Waals surface area contributed by atoms with Gasteiger partial charge in [0.1, 0.15) is 18.3 Å². The van der Waals surface area contributed by atoms with Crippen molar-refractivity contribution in [3.63, 3.8) is 0 Å². The number of ether oxygens (including phenoxy) is 1. The first kappa shape index (κ1) is 42.7. The van der Waals surface area contributed by atoms with E-state index in [1.54, 1.807) is 11.0 Å². The van der Waals surface area contributed by atoms with Gasteiger partial charge in [-0.2, -0.15) is 0 Å². The molecule has 0 saturated carbocycles. The number of carbonyl (C=O) groups is 4. The molecule has 1 aromatic heterocycles. The minimum Gasteiger partial charge on any atom is -0.461 e. The summed E-state index contributed by atoms with van der Waals surface area (Å²) in [5.41, 5.74) is 8.44. The average molecular weight is 749 g/mol. The third-order valence-corrected chi connectivity index (χ3v) is 10.0. The summed E-state index contributed by atoms with van der Waals surface area (Å²) in [6.07, 6.45) is 14.3. The summed E-state index contributed by atoms with van der Waals surface area (Å²) in [6.45, 7) is 2.64. The van der Waals surface area contributed by atoms with Crippen LogP contribution in [0, 0.1) is 0 Å². The van der Waals surface area contributed by atoms with Crippen molar-refractivity contribution < 1.29 is 23.9 Å². The number of aromatic nitrogens is 1. The van der Waals surface area contributed by atoms with Crippen LogP contribution in [-0.4, -0.2) is 45.7 Å². The summed E-state index contributed by atoms with van der Waals surface area (Å²) in [5, 5.41) is 3.85. The van der Waals surface area contributed by atoms with Gasteiger partial charge in [-0.05, 0) is 42.5 Å². The first-order chi connectivity index (χ1) is 26.8. The number of rotatable bonds is 26. The number of hydrogen-bond donors (Lipinski definition) is 2. The zero-order valence-electron chi connectivity index (χ0n) is 32.6. The Bertz CT molecular complexity index is 1750. The molecule has 3 amide bonds. The van der Waals surface area contributed by atoms with E-state index in [2.05, 4.69) is 17.2 Å². The second kappa shape index (κ2) is 24.4. The van der Waals surface area contributed by atoms with E-state index >= 15 is 0 Å². The molecule has 0 radical (unpaired) electrons. The maximum absolute atomic E-state index is 14.8. The Morgan fingerprint density at radius 3 is 1.95 bits per heavy atom. The highest BCUT2D eigenvalue weighted by molar-refractivity contribution is 5.98. The molecule has 3 N–H and O–H groups in total. The quantitative estimate of drug-likeness (QED) is 0.0486. The average Bonchev–Trinajstić information content (AvgIpc) is 3.20. The molecule has 9 heteroatoms. The molecular formula is C46H60N4O5. The number of benzene rings is 3. The number of primary amides is 1. The fourth-order valence-electron chi connectivity index (χ4n) is 6.95. The molecule has 0 unspecified atom stereocenters. The highest BCUT2D eigenvalue weighted by Gasteiger charge is 2.32. The minimum atomic E-state index is -0.987. The zero-order valence-corrected chi connectivity index (χ0v) is 32.6. The third kappa shape index (κ3) is 15.7. The number of nitrogens with one attached hydrogen (secondary N) is 1. The van der Waals surface area contributed by atoms with Crippen molar-refractivity contribution in [2.24, 2.45) is 5.73 Å². The summed E-state index contributed by atoms with van der Waals surface area (Å²) in [7, 11) is 0. The van der Waals surface area contributed by atoms with E-state index in [9.17, 15) is 19.2 Å². The lowest BCUT2D eigenvalue weighted by atomic mass is 9.98. The van der Waals surface area contributed by atoms with Crippen LogP contribution in [0.25, 0.3) is 10.9 Å². The van der Waals surface area contributed by atoms with Crippen molar-refractivity contribution in [3.05, 3.63) is 114 Å². The van der Waals surface area contributed by atoms with Crippen molar-refractivity contribution in [2.75, 3.05) is 0 Å². The molecule has 0 saturated heterocycles. The predicted molar refractivity (Wildman–Crippen MR) is 219 cm³/mol. The molecule has 294 valence electrons. The Labute approximate surface area is 327 Å². The van der Waals surface area contributed by atoms with Crippen LogP contribution >= 0.6 is 0 Å². The molecule has 55 heavy (non-hydrogen) atoms. The van der Waals surface area contributed by atoms with Gasteiger partial charge in [-0.1, -0.05) is 162 Å². The molecule has 1 heterocycles. The Morgan fingerprint density at radius 1 is 0.691 bits per heavy atom. The van der Waals surface area contributed by atoms with Gasteiger partial charge in [0.15, 0.2) is 0 Å². The smallest absolute Gasteiger partial charge is 0.306 e. The first-order valence-electron chi connectivity index (χ1n) is 20.3. The Hall–Kier alpha value is -5.05. The van der Waals surface area contributed by atoms with Gasteiger partial charge < -0.3 is 20.7 Å². The van der Waals surface area contributed by atoms with Crippen molar-refractivity contribution in [3.8, 4) is 0 Å². The van der Waals surface area contributed by atoms with Crippen LogP contribution in [0.15, 0.2) is 97.1 Å². The topological polar surface area (TPSA) is 132 Å². The fraction of sp³-hybridized carbons (Fsp3) is 0.457. The van der Waals surface area contributed by atoms with E-state index in [1.165, 1.54) is 51.4 Å². The third-order valence-electron chi connectivity index (χ3n) is 10.0. The molecule has 0 aliphatic rings. The molecule has 2 atom stereocenters. The molecule has 0 fully saturated rings. The number of pyridine rings is 1. The molecule has 4 rings (SSSR count). The highest BCUT2D eigenvalue weighted by atomic mass is 16.5. The molecule has 0 spiro atoms. The standard InChI is InChI=1S/C46H60N4O5/c1-2-3-4-5-6-7-8-9-10-11-18-27-39(33-43(47)51)50(34-36-22-14-12-15-23-36)46(54)42(29-21-30-44(52)55-35-37-24-16-13-17-25-37)49-45(53)41-32-31-38-26-19-20-28-40(38)48-41/h12-17,19-20,22-26,28,31-32,39,42H,2-11,18,21,27,29-30,33-35H2,1H3,(H2,47,51)(H,49,53)/t39-,42-/m0/s1. The molecule has 0 aliphatic carbocycles. The largest absolute Gasteiger partial charge is 0.461 e. The number of nitrogens with two attached hydrogens (primary N) is 1. The maximum Gasteiger partial charge on any atom is 0.306 e. The minimum absolute atomic E-state index is 0.00897. The van der Waals surface area contributed by atoms with Crippen LogP contribution in [0.3, 0.4) is 0 Å². The van der Waals surface area contributed by atoms with Crippen LogP contribution < -0.4 is 11.1 Å². The first-order valence-corrected chi connectivity index (χ1v) is 20.3. The Morgan fingerprint density at radius 2 is 1.29 bits per heavy atom. The van der Waals surface area contributed by atoms with Crippen LogP contribution in [-0.2, 0) is 32.3 Å². The second-order valence-electron chi connectivity index (χ2n) is 14.6. The number of nitrogens with zero attached hydrogens (tertiary/aromatic N) is 2. The molecule has 3 aromatic carbocycles. The molecule has 9 nitrogen and oxygen atoms in total. The monoisotopic (exact) mass is 748 g/mol. The van der Waals surface area contributed by atoms with E-state index in [1.807, 2.05) is 91.0 Å². The SMILES string of the molecule is CCCCCCCCCCCCC[C@@H](CC(N)=O)N(Cc1ccccc1)C(=O)[C@H](CCCC(=O)OCc1ccccc1)NC(=O)c1ccc2ccccc2n1. The number of unbranched alkanes of at least 4 members (excludes halogenated alkanes) is 10. The highest BCUT2D eigenvalue weighted by Crippen LogP contribution is 2.22. The summed E-state index contributed by atoms with van der Waals surface area (Å²) in [5.74, 6) is -1.69. The second-order valence-corrected chi connectivity index (χ2v) is 14.6. The number of fused-ring (bicyclic) bond motifs is 1. The predicted octanol–water partition coefficient (Wildman–Crippen LogP) is 9.22. The summed E-state index contributed by atoms with van der Waals surface area (Å²) in [4.78, 5) is 60.0. The van der Waals surface area contributed by atoms with Crippen LogP contribution in [0.2, 0.25) is 0 Å². The lowest BCUT2D eigenvalue weighted by molar-refractivity contribution is -0.145. The van der Waals surface area contributed by atoms with Crippen molar-refractivity contribution in [2.45, 2.75) is 135 Å². The van der Waals surface area contributed by atoms with Crippen LogP contribution in [0.1, 0.15) is 131 Å². The van der Waals surface area contributed by atoms with Gasteiger partial charge in [-0.3, -0.25) is 19.2 Å². The summed E-state index contributed by atoms with van der Waals surface area (Å²) >= 11 is 0. The van der Waals surface area contributed by atoms with E-state index < -0.39 is 23.9 Å². The fourth-order valence-corrected chi connectivity index (χ4v) is 6.95. The van der Waals surface area contributed by atoms with Crippen LogP contribution in [0.5, 0.6) is 0 Å². The van der Waals surface area contributed by atoms with Gasteiger partial charge in [0.05, 0.1) is 5.52 Å². The summed E-state index contributed by atoms with van der Waals surface area (Å²) in [6, 6.07) is 28.6. The number of amides is 3. The number of hydrogen-bond acceptors (Lipinski definition) is 6. The van der Waals surface area contributed by atoms with Gasteiger partial charge in [-0.25, -0.2) is 4.98 Å².